The Kier molecular flexibility index (Phi) is 7.80. The van der Waals surface area contributed by atoms with Crippen LogP contribution in [0, 0.1) is 0 Å². The van der Waals surface area contributed by atoms with E-state index in [2.05, 4.69) is 18.7 Å². The van der Waals surface area contributed by atoms with Crippen molar-refractivity contribution in [3.63, 3.8) is 0 Å². The van der Waals surface area contributed by atoms with Crippen molar-refractivity contribution in [2.45, 2.75) is 27.0 Å². The second-order valence-corrected chi connectivity index (χ2v) is 10.1. The lowest BCUT2D eigenvalue weighted by Crippen LogP contribution is -2.27. The SMILES string of the molecule is CCN(CC)c1ccc(/C=C2\SC(=O)N(Cc3ccc4ccccc4c3)C2=O)c(OCc2ccccc2)c1. The van der Waals surface area contributed by atoms with Crippen molar-refractivity contribution in [2.75, 3.05) is 18.0 Å². The summed E-state index contributed by atoms with van der Waals surface area (Å²) < 4.78 is 6.25. The fourth-order valence-electron chi connectivity index (χ4n) is 4.59. The topological polar surface area (TPSA) is 49.9 Å². The Labute approximate surface area is 227 Å². The molecule has 1 saturated heterocycles. The molecule has 2 amide bonds. The lowest BCUT2D eigenvalue weighted by atomic mass is 10.1. The number of amides is 2. The number of benzene rings is 4. The summed E-state index contributed by atoms with van der Waals surface area (Å²) in [4.78, 5) is 30.1. The normalized spacial score (nSPS) is 14.5. The van der Waals surface area contributed by atoms with Crippen LogP contribution in [-0.4, -0.2) is 29.1 Å². The van der Waals surface area contributed by atoms with Crippen LogP contribution in [0.3, 0.4) is 0 Å². The molecule has 0 N–H and O–H groups in total. The third kappa shape index (κ3) is 5.60. The van der Waals surface area contributed by atoms with E-state index in [-0.39, 0.29) is 17.7 Å². The van der Waals surface area contributed by atoms with Crippen LogP contribution in [0.1, 0.15) is 30.5 Å². The maximum Gasteiger partial charge on any atom is 0.293 e. The molecule has 4 aromatic carbocycles. The van der Waals surface area contributed by atoms with Gasteiger partial charge >= 0.3 is 0 Å². The number of imide groups is 1. The standard InChI is InChI=1S/C32H30N2O3S/c1-3-33(4-2)28-17-16-27(29(20-28)37-22-23-10-6-5-7-11-23)19-30-31(35)34(32(36)38-30)21-24-14-15-25-12-8-9-13-26(25)18-24/h5-20H,3-4,21-22H2,1-2H3/b30-19-. The molecule has 1 aliphatic heterocycles. The first-order valence-electron chi connectivity index (χ1n) is 12.8. The molecule has 38 heavy (non-hydrogen) atoms. The van der Waals surface area contributed by atoms with E-state index in [0.717, 1.165) is 58.0 Å². The third-order valence-electron chi connectivity index (χ3n) is 6.68. The van der Waals surface area contributed by atoms with Gasteiger partial charge in [-0.25, -0.2) is 0 Å². The number of fused-ring (bicyclic) bond motifs is 1. The molecule has 1 heterocycles. The minimum absolute atomic E-state index is 0.241. The van der Waals surface area contributed by atoms with E-state index in [1.165, 1.54) is 4.90 Å². The number of thioether (sulfide) groups is 1. The monoisotopic (exact) mass is 522 g/mol. The number of nitrogens with zero attached hydrogens (tertiary/aromatic N) is 2. The zero-order valence-corrected chi connectivity index (χ0v) is 22.4. The van der Waals surface area contributed by atoms with Crippen molar-refractivity contribution in [1.29, 1.82) is 0 Å². The van der Waals surface area contributed by atoms with Crippen LogP contribution < -0.4 is 9.64 Å². The number of carbonyl (C=O) groups is 2. The number of hydrogen-bond donors (Lipinski definition) is 0. The molecule has 0 bridgehead atoms. The van der Waals surface area contributed by atoms with Crippen LogP contribution in [0.5, 0.6) is 5.75 Å². The number of carbonyl (C=O) groups excluding carboxylic acids is 2. The summed E-state index contributed by atoms with van der Waals surface area (Å²) in [6.45, 7) is 6.64. The first-order chi connectivity index (χ1) is 18.6. The Balaban J connectivity index is 1.41. The Bertz CT molecular complexity index is 1500. The van der Waals surface area contributed by atoms with Crippen molar-refractivity contribution in [3.8, 4) is 5.75 Å². The van der Waals surface area contributed by atoms with Gasteiger partial charge in [0.05, 0.1) is 11.4 Å². The fourth-order valence-corrected chi connectivity index (χ4v) is 5.41. The highest BCUT2D eigenvalue weighted by atomic mass is 32.2. The largest absolute Gasteiger partial charge is 0.488 e. The predicted molar refractivity (Wildman–Crippen MR) is 156 cm³/mol. The lowest BCUT2D eigenvalue weighted by Gasteiger charge is -2.22. The first-order valence-corrected chi connectivity index (χ1v) is 13.7. The zero-order chi connectivity index (χ0) is 26.5. The van der Waals surface area contributed by atoms with Crippen LogP contribution in [-0.2, 0) is 17.9 Å². The van der Waals surface area contributed by atoms with E-state index >= 15 is 0 Å². The zero-order valence-electron chi connectivity index (χ0n) is 21.6. The van der Waals surface area contributed by atoms with Gasteiger partial charge in [0.2, 0.25) is 0 Å². The Morgan fingerprint density at radius 1 is 0.816 bits per heavy atom. The summed E-state index contributed by atoms with van der Waals surface area (Å²) in [5.74, 6) is 0.398. The molecule has 4 aromatic rings. The van der Waals surface area contributed by atoms with Gasteiger partial charge in [-0.2, -0.15) is 0 Å². The summed E-state index contributed by atoms with van der Waals surface area (Å²) in [6.07, 6.45) is 1.78. The first kappa shape index (κ1) is 25.6. The number of rotatable bonds is 9. The van der Waals surface area contributed by atoms with Gasteiger partial charge in [0.25, 0.3) is 11.1 Å². The minimum atomic E-state index is -0.282. The van der Waals surface area contributed by atoms with Crippen LogP contribution in [0.4, 0.5) is 10.5 Å². The van der Waals surface area contributed by atoms with E-state index in [0.29, 0.717) is 17.3 Å². The van der Waals surface area contributed by atoms with E-state index in [1.807, 2.05) is 91.0 Å². The lowest BCUT2D eigenvalue weighted by molar-refractivity contribution is -0.123. The molecule has 0 spiro atoms. The Hall–Kier alpha value is -4.03. The van der Waals surface area contributed by atoms with Gasteiger partial charge < -0.3 is 9.64 Å². The van der Waals surface area contributed by atoms with Gasteiger partial charge in [-0.15, -0.1) is 0 Å². The van der Waals surface area contributed by atoms with Crippen LogP contribution in [0.25, 0.3) is 16.8 Å². The summed E-state index contributed by atoms with van der Waals surface area (Å²) in [5, 5.41) is 1.95. The molecule has 0 saturated carbocycles. The van der Waals surface area contributed by atoms with Gasteiger partial charge in [0.15, 0.2) is 0 Å². The van der Waals surface area contributed by atoms with Crippen LogP contribution in [0.15, 0.2) is 95.9 Å². The molecule has 0 radical (unpaired) electrons. The van der Waals surface area contributed by atoms with Crippen LogP contribution in [0.2, 0.25) is 0 Å². The number of ether oxygens (including phenoxy) is 1. The molecule has 0 aromatic heterocycles. The average molecular weight is 523 g/mol. The summed E-state index contributed by atoms with van der Waals surface area (Å²) in [7, 11) is 0. The number of hydrogen-bond acceptors (Lipinski definition) is 5. The van der Waals surface area contributed by atoms with E-state index in [1.54, 1.807) is 6.08 Å². The van der Waals surface area contributed by atoms with Crippen LogP contribution >= 0.6 is 11.8 Å². The maximum absolute atomic E-state index is 13.3. The molecular weight excluding hydrogens is 492 g/mol. The molecule has 6 heteroatoms. The highest BCUT2D eigenvalue weighted by Crippen LogP contribution is 2.36. The van der Waals surface area contributed by atoms with Crippen molar-refractivity contribution in [1.82, 2.24) is 4.90 Å². The van der Waals surface area contributed by atoms with Gasteiger partial charge in [-0.05, 0) is 71.8 Å². The van der Waals surface area contributed by atoms with Crippen molar-refractivity contribution < 1.29 is 14.3 Å². The van der Waals surface area contributed by atoms with Gasteiger partial charge in [-0.1, -0.05) is 66.7 Å². The van der Waals surface area contributed by atoms with Crippen molar-refractivity contribution in [2.24, 2.45) is 0 Å². The van der Waals surface area contributed by atoms with Crippen molar-refractivity contribution in [3.05, 3.63) is 113 Å². The quantitative estimate of drug-likeness (QED) is 0.213. The smallest absolute Gasteiger partial charge is 0.293 e. The minimum Gasteiger partial charge on any atom is -0.488 e. The van der Waals surface area contributed by atoms with Crippen molar-refractivity contribution >= 4 is 45.4 Å². The predicted octanol–water partition coefficient (Wildman–Crippen LogP) is 7.50. The molecule has 0 atom stereocenters. The Morgan fingerprint density at radius 2 is 1.55 bits per heavy atom. The fraction of sp³-hybridized carbons (Fsp3) is 0.188. The second-order valence-electron chi connectivity index (χ2n) is 9.12. The van der Waals surface area contributed by atoms with Gasteiger partial charge in [0.1, 0.15) is 12.4 Å². The molecular formula is C32H30N2O3S. The molecule has 1 fully saturated rings. The average Bonchev–Trinajstić information content (AvgIpc) is 3.21. The summed E-state index contributed by atoms with van der Waals surface area (Å²) in [6, 6.07) is 30.1. The van der Waals surface area contributed by atoms with Gasteiger partial charge in [0, 0.05) is 30.4 Å². The highest BCUT2D eigenvalue weighted by molar-refractivity contribution is 8.18. The third-order valence-corrected chi connectivity index (χ3v) is 7.59. The molecule has 1 aliphatic rings. The maximum atomic E-state index is 13.3. The molecule has 5 nitrogen and oxygen atoms in total. The molecule has 192 valence electrons. The van der Waals surface area contributed by atoms with E-state index in [4.69, 9.17) is 4.74 Å². The molecule has 0 aliphatic carbocycles. The molecule has 0 unspecified atom stereocenters. The summed E-state index contributed by atoms with van der Waals surface area (Å²) in [5.41, 5.74) is 3.80. The van der Waals surface area contributed by atoms with Gasteiger partial charge in [-0.3, -0.25) is 14.5 Å². The van der Waals surface area contributed by atoms with E-state index < -0.39 is 0 Å². The Morgan fingerprint density at radius 3 is 2.32 bits per heavy atom. The highest BCUT2D eigenvalue weighted by Gasteiger charge is 2.35. The summed E-state index contributed by atoms with van der Waals surface area (Å²) >= 11 is 0.975. The van der Waals surface area contributed by atoms with E-state index in [9.17, 15) is 9.59 Å². The number of anilines is 1. The molecule has 5 rings (SSSR count). The second kappa shape index (κ2) is 11.6.